The molecule has 0 saturated carbocycles. The predicted octanol–water partition coefficient (Wildman–Crippen LogP) is 31.1. The average molecular weight is 1820 g/mol. The van der Waals surface area contributed by atoms with Gasteiger partial charge >= 0.3 is 14.2 Å². The normalized spacial score (nSPS) is 11.4. The minimum absolute atomic E-state index is 0. The Morgan fingerprint density at radius 3 is 0.886 bits per heavy atom. The first-order valence-electron chi connectivity index (χ1n) is 39.7. The van der Waals surface area contributed by atoms with Crippen molar-refractivity contribution in [1.29, 1.82) is 0 Å². The van der Waals surface area contributed by atoms with Gasteiger partial charge in [-0.2, -0.15) is 0 Å². The quantitative estimate of drug-likeness (QED) is 0.0428. The number of benzene rings is 21. The van der Waals surface area contributed by atoms with E-state index in [1.165, 1.54) is 108 Å². The molecule has 2 heterocycles. The summed E-state index contributed by atoms with van der Waals surface area (Å²) in [6.07, 6.45) is 0. The third-order valence-corrected chi connectivity index (χ3v) is 25.1. The zero-order chi connectivity index (χ0) is 82.4. The van der Waals surface area contributed by atoms with Crippen molar-refractivity contribution < 1.29 is 39.0 Å². The maximum absolute atomic E-state index is 9.53. The Hall–Kier alpha value is -12.8. The Labute approximate surface area is 745 Å². The molecule has 0 bridgehead atoms. The highest BCUT2D eigenvalue weighted by molar-refractivity contribution is 14.1. The number of ether oxygens (including phenoxy) is 4. The lowest BCUT2D eigenvalue weighted by atomic mass is 9.79. The molecule has 23 rings (SSSR count). The second kappa shape index (κ2) is 35.7. The SMILES string of the molecule is C.C.CB(O)O.Clc1ccc(I)c(Br)c1.Clc1ccc2c(c1)Oc1c(c3ccccc3c3ccccc13)O2.OB(O)c1ccc(-c2c3ccccc3c(-c3cccc4ccccc34)c3ccccc23)cc1.c1ccc2c(-c3c4ccccc4c(-c4ccc(-c5ccc6c(c5)Oc5c(c7ccccc7c7ccccc57)O6)cc4)c4ccccc34)cccc2c1. The van der Waals surface area contributed by atoms with Crippen LogP contribution in [0.1, 0.15) is 14.9 Å². The molecule has 8 nitrogen and oxygen atoms in total. The Kier molecular flexibility index (Phi) is 23.9. The highest BCUT2D eigenvalue weighted by atomic mass is 127. The van der Waals surface area contributed by atoms with Gasteiger partial charge in [-0.1, -0.05) is 372 Å². The summed E-state index contributed by atoms with van der Waals surface area (Å²) in [7, 11) is -2.64. The number of fused-ring (bicyclic) bond motifs is 20. The fourth-order valence-corrected chi connectivity index (χ4v) is 18.1. The van der Waals surface area contributed by atoms with E-state index in [4.69, 9.17) is 52.2 Å². The number of halogens is 4. The minimum Gasteiger partial charge on any atom is -0.449 e. The molecule has 0 radical (unpaired) electrons. The number of hydrogen-bond acceptors (Lipinski definition) is 8. The molecule has 0 aromatic heterocycles. The first-order chi connectivity index (χ1) is 59.3. The van der Waals surface area contributed by atoms with Crippen LogP contribution in [-0.4, -0.2) is 34.3 Å². The second-order valence-corrected chi connectivity index (χ2v) is 32.5. The maximum atomic E-state index is 9.53. The summed E-state index contributed by atoms with van der Waals surface area (Å²) in [5, 5.41) is 59.2. The molecule has 0 aliphatic carbocycles. The largest absolute Gasteiger partial charge is 0.488 e. The highest BCUT2D eigenvalue weighted by Gasteiger charge is 2.29. The van der Waals surface area contributed by atoms with Crippen molar-refractivity contribution in [2.45, 2.75) is 21.7 Å². The molecule has 596 valence electrons. The van der Waals surface area contributed by atoms with Crippen LogP contribution in [-0.2, 0) is 0 Å². The second-order valence-electron chi connectivity index (χ2n) is 29.7. The Morgan fingerprint density at radius 1 is 0.260 bits per heavy atom. The molecular weight excluding hydrogens is 1740 g/mol. The van der Waals surface area contributed by atoms with Gasteiger partial charge in [0, 0.05) is 45.7 Å². The van der Waals surface area contributed by atoms with Crippen LogP contribution >= 0.6 is 61.7 Å². The van der Waals surface area contributed by atoms with Gasteiger partial charge in [-0.25, -0.2) is 0 Å². The Bertz CT molecular complexity index is 7510. The lowest BCUT2D eigenvalue weighted by Crippen LogP contribution is -2.29. The minimum atomic E-state index is -1.47. The van der Waals surface area contributed by atoms with E-state index < -0.39 is 14.2 Å². The van der Waals surface area contributed by atoms with Crippen LogP contribution in [0, 0.1) is 3.57 Å². The summed E-state index contributed by atoms with van der Waals surface area (Å²) in [4.78, 5) is 0. The summed E-state index contributed by atoms with van der Waals surface area (Å²) in [5.41, 5.74) is 12.3. The lowest BCUT2D eigenvalue weighted by molar-refractivity contribution is 0.367. The highest BCUT2D eigenvalue weighted by Crippen LogP contribution is 2.56. The van der Waals surface area contributed by atoms with Gasteiger partial charge in [-0.15, -0.1) is 0 Å². The van der Waals surface area contributed by atoms with Crippen LogP contribution in [0.25, 0.3) is 163 Å². The molecule has 21 aromatic carbocycles. The number of hydrogen-bond donors (Lipinski definition) is 4. The lowest BCUT2D eigenvalue weighted by Gasteiger charge is -2.24. The van der Waals surface area contributed by atoms with Crippen LogP contribution in [0.2, 0.25) is 16.9 Å². The van der Waals surface area contributed by atoms with E-state index in [2.05, 4.69) is 324 Å². The van der Waals surface area contributed by atoms with Crippen LogP contribution < -0.4 is 24.4 Å². The molecule has 4 N–H and O–H groups in total. The van der Waals surface area contributed by atoms with Crippen LogP contribution in [0.5, 0.6) is 46.0 Å². The van der Waals surface area contributed by atoms with Crippen molar-refractivity contribution in [3.8, 4) is 102 Å². The molecule has 0 saturated heterocycles. The van der Waals surface area contributed by atoms with E-state index in [0.29, 0.717) is 22.0 Å². The molecule has 123 heavy (non-hydrogen) atoms. The zero-order valence-corrected chi connectivity index (χ0v) is 70.2. The molecule has 0 fully saturated rings. The topological polar surface area (TPSA) is 118 Å². The first kappa shape index (κ1) is 82.5. The van der Waals surface area contributed by atoms with E-state index in [-0.39, 0.29) is 14.9 Å². The van der Waals surface area contributed by atoms with E-state index in [1.807, 2.05) is 72.8 Å². The van der Waals surface area contributed by atoms with Gasteiger partial charge in [-0.3, -0.25) is 0 Å². The van der Waals surface area contributed by atoms with Gasteiger partial charge < -0.3 is 39.0 Å². The van der Waals surface area contributed by atoms with Crippen LogP contribution in [0.15, 0.2) is 387 Å². The molecular formula is C109H78B2BrCl2IO8. The Balaban J connectivity index is 0.000000129. The van der Waals surface area contributed by atoms with Crippen molar-refractivity contribution in [1.82, 2.24) is 0 Å². The third-order valence-electron chi connectivity index (χ3n) is 22.2. The molecule has 0 unspecified atom stereocenters. The monoisotopic (exact) mass is 1810 g/mol. The molecule has 2 aliphatic rings. The maximum Gasteiger partial charge on any atom is 0.488 e. The molecule has 14 heteroatoms. The van der Waals surface area contributed by atoms with E-state index in [1.54, 1.807) is 24.3 Å². The van der Waals surface area contributed by atoms with E-state index in [0.717, 1.165) is 109 Å². The van der Waals surface area contributed by atoms with Gasteiger partial charge in [-0.05, 0) is 235 Å². The van der Waals surface area contributed by atoms with E-state index >= 15 is 0 Å². The van der Waals surface area contributed by atoms with Crippen LogP contribution in [0.3, 0.4) is 0 Å². The van der Waals surface area contributed by atoms with Gasteiger partial charge in [0.25, 0.3) is 0 Å². The summed E-state index contributed by atoms with van der Waals surface area (Å²) < 4.78 is 27.9. The third kappa shape index (κ3) is 16.0. The molecule has 0 atom stereocenters. The molecule has 2 aliphatic heterocycles. The predicted molar refractivity (Wildman–Crippen MR) is 531 cm³/mol. The van der Waals surface area contributed by atoms with Crippen molar-refractivity contribution in [2.75, 3.05) is 0 Å². The van der Waals surface area contributed by atoms with Crippen molar-refractivity contribution in [3.63, 3.8) is 0 Å². The molecule has 0 spiro atoms. The van der Waals surface area contributed by atoms with E-state index in [9.17, 15) is 10.0 Å². The van der Waals surface area contributed by atoms with Crippen LogP contribution in [0.4, 0.5) is 0 Å². The molecule has 21 aromatic rings. The van der Waals surface area contributed by atoms with Gasteiger partial charge in [0.15, 0.2) is 46.0 Å². The fourth-order valence-electron chi connectivity index (χ4n) is 17.0. The summed E-state index contributed by atoms with van der Waals surface area (Å²) in [5.74, 6) is 5.80. The summed E-state index contributed by atoms with van der Waals surface area (Å²) in [6.45, 7) is 1.28. The summed E-state index contributed by atoms with van der Waals surface area (Å²) in [6, 6.07) is 132. The van der Waals surface area contributed by atoms with Gasteiger partial charge in [0.05, 0.1) is 0 Å². The molecule has 0 amide bonds. The smallest absolute Gasteiger partial charge is 0.449 e. The summed E-state index contributed by atoms with van der Waals surface area (Å²) >= 11 is 17.4. The zero-order valence-electron chi connectivity index (χ0n) is 65.0. The first-order valence-corrected chi connectivity index (χ1v) is 42.3. The van der Waals surface area contributed by atoms with Gasteiger partial charge in [0.2, 0.25) is 0 Å². The van der Waals surface area contributed by atoms with Crippen molar-refractivity contribution in [3.05, 3.63) is 400 Å². The standard InChI is InChI=1S/C50H30O2.C30H21BO2.C20H11ClO2.C6H3BrClI.CH5BO2.2CH4/c1-2-14-35-32(12-1)13-11-23-38(35)48-41-19-7-5-17-39(41)47(40-18-6-8-20-42(40)48)33-26-24-31(25-27-33)34-28-29-45-46(30-34)52-50-44-22-10-4-16-37(44)36-15-3-9-21-43(36)49(50)51-45;32-31(33)22-18-16-21(17-19-22)29-25-11-3-5-13-27(25)30(28-14-6-4-12-26(28)29)24-15-7-9-20-8-1-2-10-23(20)24;21-12-9-10-17-18(11-12)23-20-16-8-4-2-6-14(16)13-5-1-3-7-15(13)19(20)22-17;7-5-3-4(8)1-2-6(5)9;1-2(3)4;;/h1-30H;1-19,32-33H;1-11H;1-3H;3-4H,1H3;2*1H4. The average Bonchev–Trinajstić information content (AvgIpc) is 0.754. The number of rotatable bonds is 6. The fraction of sp³-hybridized carbons (Fsp3) is 0.0275. The Morgan fingerprint density at radius 2 is 0.528 bits per heavy atom. The van der Waals surface area contributed by atoms with Gasteiger partial charge in [0.1, 0.15) is 0 Å². The van der Waals surface area contributed by atoms with Crippen molar-refractivity contribution >= 4 is 189 Å². The van der Waals surface area contributed by atoms with Crippen molar-refractivity contribution in [2.24, 2.45) is 0 Å².